The number of aryl methyl sites for hydroxylation is 1. The van der Waals surface area contributed by atoms with E-state index in [2.05, 4.69) is 5.32 Å². The molecule has 0 saturated heterocycles. The number of carbonyl (C=O) groups excluding carboxylic acids is 2. The molecule has 0 aromatic heterocycles. The van der Waals surface area contributed by atoms with E-state index >= 15 is 0 Å². The topological polar surface area (TPSA) is 49.4 Å². The molecule has 0 heterocycles. The summed E-state index contributed by atoms with van der Waals surface area (Å²) in [7, 11) is 0. The molecular formula is C26H26ClFN2O2. The minimum absolute atomic E-state index is 0.132. The molecule has 166 valence electrons. The van der Waals surface area contributed by atoms with Gasteiger partial charge in [0.2, 0.25) is 11.8 Å². The summed E-state index contributed by atoms with van der Waals surface area (Å²) in [6.07, 6.45) is 0.860. The second-order valence-electron chi connectivity index (χ2n) is 7.65. The van der Waals surface area contributed by atoms with Crippen LogP contribution in [0.15, 0.2) is 78.9 Å². The highest BCUT2D eigenvalue weighted by Crippen LogP contribution is 2.14. The number of carbonyl (C=O) groups is 2. The third-order valence-corrected chi connectivity index (χ3v) is 5.54. The molecule has 0 unspecified atom stereocenters. The zero-order valence-corrected chi connectivity index (χ0v) is 18.7. The van der Waals surface area contributed by atoms with Gasteiger partial charge in [-0.3, -0.25) is 9.59 Å². The van der Waals surface area contributed by atoms with Crippen LogP contribution in [-0.2, 0) is 29.1 Å². The Labute approximate surface area is 193 Å². The Balaban J connectivity index is 1.68. The first kappa shape index (κ1) is 23.5. The first-order valence-corrected chi connectivity index (χ1v) is 10.9. The van der Waals surface area contributed by atoms with Gasteiger partial charge in [-0.05, 0) is 54.3 Å². The molecule has 6 heteroatoms. The average molecular weight is 453 g/mol. The van der Waals surface area contributed by atoms with Crippen molar-refractivity contribution in [2.24, 2.45) is 0 Å². The summed E-state index contributed by atoms with van der Waals surface area (Å²) in [5, 5.41) is 3.51. The van der Waals surface area contributed by atoms with Gasteiger partial charge in [0.15, 0.2) is 0 Å². The summed E-state index contributed by atoms with van der Waals surface area (Å²) in [5.41, 5.74) is 2.73. The lowest BCUT2D eigenvalue weighted by molar-refractivity contribution is -0.140. The molecule has 4 nitrogen and oxygen atoms in total. The zero-order chi connectivity index (χ0) is 22.9. The Bertz CT molecular complexity index is 1020. The van der Waals surface area contributed by atoms with Gasteiger partial charge in [-0.15, -0.1) is 0 Å². The van der Waals surface area contributed by atoms with Crippen molar-refractivity contribution in [1.29, 1.82) is 0 Å². The second-order valence-corrected chi connectivity index (χ2v) is 8.09. The molecule has 0 saturated carbocycles. The van der Waals surface area contributed by atoms with Crippen LogP contribution in [0.1, 0.15) is 30.0 Å². The predicted molar refractivity (Wildman–Crippen MR) is 124 cm³/mol. The molecule has 1 atom stereocenters. The van der Waals surface area contributed by atoms with Gasteiger partial charge in [0.25, 0.3) is 0 Å². The Hall–Kier alpha value is -3.18. The largest absolute Gasteiger partial charge is 0.350 e. The van der Waals surface area contributed by atoms with Gasteiger partial charge in [-0.2, -0.15) is 0 Å². The fraction of sp³-hybridized carbons (Fsp3) is 0.231. The number of hydrogen-bond acceptors (Lipinski definition) is 2. The fourth-order valence-electron chi connectivity index (χ4n) is 3.35. The molecule has 2 amide bonds. The number of nitrogens with one attached hydrogen (secondary N) is 1. The van der Waals surface area contributed by atoms with Crippen molar-refractivity contribution in [2.45, 2.75) is 38.9 Å². The van der Waals surface area contributed by atoms with Crippen LogP contribution in [0.25, 0.3) is 0 Å². The molecule has 3 rings (SSSR count). The molecule has 1 N–H and O–H groups in total. The van der Waals surface area contributed by atoms with Crippen LogP contribution in [0, 0.1) is 5.82 Å². The van der Waals surface area contributed by atoms with E-state index in [-0.39, 0.29) is 30.6 Å². The van der Waals surface area contributed by atoms with Gasteiger partial charge < -0.3 is 10.2 Å². The van der Waals surface area contributed by atoms with Gasteiger partial charge in [-0.25, -0.2) is 4.39 Å². The minimum atomic E-state index is -0.685. The van der Waals surface area contributed by atoms with Crippen LogP contribution in [0.5, 0.6) is 0 Å². The van der Waals surface area contributed by atoms with Crippen molar-refractivity contribution in [2.75, 3.05) is 0 Å². The lowest BCUT2D eigenvalue weighted by Gasteiger charge is -2.29. The molecule has 3 aromatic carbocycles. The Morgan fingerprint density at radius 2 is 1.53 bits per heavy atom. The molecule has 0 bridgehead atoms. The molecule has 0 aliphatic heterocycles. The quantitative estimate of drug-likeness (QED) is 0.488. The number of amides is 2. The van der Waals surface area contributed by atoms with E-state index < -0.39 is 6.04 Å². The van der Waals surface area contributed by atoms with Gasteiger partial charge in [0.05, 0.1) is 0 Å². The first-order valence-electron chi connectivity index (χ1n) is 10.5. The van der Waals surface area contributed by atoms with Crippen LogP contribution in [0.4, 0.5) is 4.39 Å². The van der Waals surface area contributed by atoms with E-state index in [4.69, 9.17) is 11.6 Å². The fourth-order valence-corrected chi connectivity index (χ4v) is 3.47. The van der Waals surface area contributed by atoms with Crippen molar-refractivity contribution in [3.05, 3.63) is 106 Å². The summed E-state index contributed by atoms with van der Waals surface area (Å²) in [6, 6.07) is 22.2. The van der Waals surface area contributed by atoms with Crippen molar-refractivity contribution in [3.63, 3.8) is 0 Å². The van der Waals surface area contributed by atoms with Gasteiger partial charge in [-0.1, -0.05) is 66.2 Å². The monoisotopic (exact) mass is 452 g/mol. The number of nitrogens with zero attached hydrogens (tertiary/aromatic N) is 1. The normalized spacial score (nSPS) is 11.6. The predicted octanol–water partition coefficient (Wildman–Crippen LogP) is 5.15. The molecule has 0 spiro atoms. The van der Waals surface area contributed by atoms with E-state index in [1.54, 1.807) is 36.1 Å². The summed E-state index contributed by atoms with van der Waals surface area (Å²) in [4.78, 5) is 27.5. The first-order chi connectivity index (χ1) is 15.4. The van der Waals surface area contributed by atoms with Gasteiger partial charge >= 0.3 is 0 Å². The lowest BCUT2D eigenvalue weighted by Crippen LogP contribution is -2.47. The highest BCUT2D eigenvalue weighted by molar-refractivity contribution is 6.30. The van der Waals surface area contributed by atoms with Crippen LogP contribution < -0.4 is 5.32 Å². The molecule has 0 aliphatic rings. The maximum absolute atomic E-state index is 13.3. The molecule has 3 aromatic rings. The standard InChI is InChI=1S/C26H26ClFN2O2/c1-19(26(32)29-17-21-7-12-23(27)13-8-21)30(18-22-9-14-24(28)15-10-22)25(31)16-11-20-5-3-2-4-6-20/h2-10,12-15,19H,11,16-18H2,1H3,(H,29,32)/t19-/m1/s1. The third kappa shape index (κ3) is 6.92. The number of rotatable bonds is 9. The summed E-state index contributed by atoms with van der Waals surface area (Å²) in [6.45, 7) is 2.27. The molecule has 0 fully saturated rings. The SMILES string of the molecule is C[C@H](C(=O)NCc1ccc(Cl)cc1)N(Cc1ccc(F)cc1)C(=O)CCc1ccccc1. The Morgan fingerprint density at radius 1 is 0.906 bits per heavy atom. The van der Waals surface area contributed by atoms with Crippen LogP contribution in [0.3, 0.4) is 0 Å². The summed E-state index contributed by atoms with van der Waals surface area (Å²) >= 11 is 5.91. The van der Waals surface area contributed by atoms with E-state index in [1.165, 1.54) is 12.1 Å². The highest BCUT2D eigenvalue weighted by Gasteiger charge is 2.25. The maximum atomic E-state index is 13.3. The smallest absolute Gasteiger partial charge is 0.242 e. The van der Waals surface area contributed by atoms with Crippen LogP contribution >= 0.6 is 11.6 Å². The third-order valence-electron chi connectivity index (χ3n) is 5.28. The van der Waals surface area contributed by atoms with Crippen molar-refractivity contribution >= 4 is 23.4 Å². The Kier molecular flexibility index (Phi) is 8.40. The molecule has 0 radical (unpaired) electrons. The lowest BCUT2D eigenvalue weighted by atomic mass is 10.1. The number of hydrogen-bond donors (Lipinski definition) is 1. The van der Waals surface area contributed by atoms with Crippen LogP contribution in [-0.4, -0.2) is 22.8 Å². The van der Waals surface area contributed by atoms with E-state index in [0.29, 0.717) is 18.0 Å². The number of halogens is 2. The molecular weight excluding hydrogens is 427 g/mol. The Morgan fingerprint density at radius 3 is 2.19 bits per heavy atom. The van der Waals surface area contributed by atoms with Crippen molar-refractivity contribution < 1.29 is 14.0 Å². The van der Waals surface area contributed by atoms with Crippen molar-refractivity contribution in [3.8, 4) is 0 Å². The zero-order valence-electron chi connectivity index (χ0n) is 17.9. The minimum Gasteiger partial charge on any atom is -0.350 e. The second kappa shape index (κ2) is 11.4. The maximum Gasteiger partial charge on any atom is 0.242 e. The van der Waals surface area contributed by atoms with E-state index in [9.17, 15) is 14.0 Å². The summed E-state index contributed by atoms with van der Waals surface area (Å²) in [5.74, 6) is -0.730. The van der Waals surface area contributed by atoms with Crippen LogP contribution in [0.2, 0.25) is 5.02 Å². The summed E-state index contributed by atoms with van der Waals surface area (Å²) < 4.78 is 13.3. The van der Waals surface area contributed by atoms with E-state index in [1.807, 2.05) is 42.5 Å². The highest BCUT2D eigenvalue weighted by atomic mass is 35.5. The molecule has 32 heavy (non-hydrogen) atoms. The van der Waals surface area contributed by atoms with Crippen molar-refractivity contribution in [1.82, 2.24) is 10.2 Å². The van der Waals surface area contributed by atoms with E-state index in [0.717, 1.165) is 16.7 Å². The number of benzene rings is 3. The average Bonchev–Trinajstić information content (AvgIpc) is 2.82. The van der Waals surface area contributed by atoms with Gasteiger partial charge in [0.1, 0.15) is 11.9 Å². The molecule has 0 aliphatic carbocycles. The van der Waals surface area contributed by atoms with Gasteiger partial charge in [0, 0.05) is 24.5 Å².